The highest BCUT2D eigenvalue weighted by Gasteiger charge is 2.34. The van der Waals surface area contributed by atoms with Crippen LogP contribution in [0.3, 0.4) is 0 Å². The van der Waals surface area contributed by atoms with Crippen LogP contribution in [-0.4, -0.2) is 21.1 Å². The first-order valence-electron chi connectivity index (χ1n) is 5.24. The van der Waals surface area contributed by atoms with Crippen LogP contribution in [0.1, 0.15) is 19.0 Å². The van der Waals surface area contributed by atoms with Gasteiger partial charge in [0.15, 0.2) is 5.12 Å². The first-order valence-corrected chi connectivity index (χ1v) is 6.23. The highest BCUT2D eigenvalue weighted by atomic mass is 32.2. The lowest BCUT2D eigenvalue weighted by atomic mass is 9.89. The third kappa shape index (κ3) is 2.37. The van der Waals surface area contributed by atoms with E-state index < -0.39 is 0 Å². The first kappa shape index (κ1) is 10.6. The van der Waals surface area contributed by atoms with Crippen molar-refractivity contribution in [2.45, 2.75) is 19.8 Å². The Morgan fingerprint density at radius 1 is 1.60 bits per heavy atom. The molecule has 0 radical (unpaired) electrons. The standard InChI is InChI=1S/C11H14N2OS/c1-2-10-8(7-15-11(10)14)6-9-4-3-5-12-13-9/h3-5,8,10H,2,6-7H2,1H3. The molecule has 2 atom stereocenters. The van der Waals surface area contributed by atoms with E-state index in [4.69, 9.17) is 0 Å². The predicted octanol–water partition coefficient (Wildman–Crippen LogP) is 1.93. The van der Waals surface area contributed by atoms with Gasteiger partial charge >= 0.3 is 0 Å². The Hall–Kier alpha value is -0.900. The zero-order valence-electron chi connectivity index (χ0n) is 8.72. The molecule has 0 aromatic carbocycles. The van der Waals surface area contributed by atoms with Gasteiger partial charge in [-0.25, -0.2) is 0 Å². The number of hydrogen-bond donors (Lipinski definition) is 0. The Morgan fingerprint density at radius 3 is 3.13 bits per heavy atom. The molecule has 0 amide bonds. The molecule has 0 spiro atoms. The van der Waals surface area contributed by atoms with E-state index >= 15 is 0 Å². The van der Waals surface area contributed by atoms with E-state index in [1.54, 1.807) is 6.20 Å². The summed E-state index contributed by atoms with van der Waals surface area (Å²) in [6, 6.07) is 3.88. The van der Waals surface area contributed by atoms with E-state index in [1.807, 2.05) is 12.1 Å². The second kappa shape index (κ2) is 4.75. The molecule has 1 fully saturated rings. The molecule has 2 rings (SSSR count). The van der Waals surface area contributed by atoms with Crippen molar-refractivity contribution in [1.82, 2.24) is 10.2 Å². The fourth-order valence-corrected chi connectivity index (χ4v) is 3.32. The average Bonchev–Trinajstić information content (AvgIpc) is 2.61. The van der Waals surface area contributed by atoms with Gasteiger partial charge in [-0.1, -0.05) is 18.7 Å². The summed E-state index contributed by atoms with van der Waals surface area (Å²) >= 11 is 1.47. The van der Waals surface area contributed by atoms with Crippen LogP contribution in [-0.2, 0) is 11.2 Å². The van der Waals surface area contributed by atoms with Crippen molar-refractivity contribution in [3.05, 3.63) is 24.0 Å². The second-order valence-corrected chi connectivity index (χ2v) is 4.85. The molecule has 1 saturated heterocycles. The van der Waals surface area contributed by atoms with Gasteiger partial charge in [0.1, 0.15) is 0 Å². The maximum atomic E-state index is 11.5. The van der Waals surface area contributed by atoms with Crippen LogP contribution in [0.15, 0.2) is 18.3 Å². The van der Waals surface area contributed by atoms with E-state index in [-0.39, 0.29) is 5.92 Å². The molecule has 1 aliphatic rings. The summed E-state index contributed by atoms with van der Waals surface area (Å²) in [7, 11) is 0. The smallest absolute Gasteiger partial charge is 0.192 e. The molecule has 3 nitrogen and oxygen atoms in total. The third-order valence-corrected chi connectivity index (χ3v) is 4.03. The Bertz CT molecular complexity index is 342. The fourth-order valence-electron chi connectivity index (χ4n) is 2.02. The van der Waals surface area contributed by atoms with Gasteiger partial charge < -0.3 is 0 Å². The third-order valence-electron chi connectivity index (χ3n) is 2.85. The number of nitrogens with zero attached hydrogens (tertiary/aromatic N) is 2. The van der Waals surface area contributed by atoms with E-state index in [1.165, 1.54) is 11.8 Å². The first-order chi connectivity index (χ1) is 7.31. The van der Waals surface area contributed by atoms with Crippen LogP contribution in [0.2, 0.25) is 0 Å². The van der Waals surface area contributed by atoms with Gasteiger partial charge in [0.05, 0.1) is 5.69 Å². The normalized spacial score (nSPS) is 25.8. The maximum Gasteiger partial charge on any atom is 0.192 e. The topological polar surface area (TPSA) is 42.9 Å². The Labute approximate surface area is 93.7 Å². The van der Waals surface area contributed by atoms with E-state index in [0.29, 0.717) is 11.0 Å². The van der Waals surface area contributed by atoms with E-state index in [2.05, 4.69) is 17.1 Å². The number of carbonyl (C=O) groups is 1. The molecule has 0 saturated carbocycles. The number of carbonyl (C=O) groups excluding carboxylic acids is 1. The molecule has 2 heterocycles. The Kier molecular flexibility index (Phi) is 3.36. The van der Waals surface area contributed by atoms with Gasteiger partial charge in [-0.2, -0.15) is 10.2 Å². The molecule has 1 aromatic heterocycles. The molecule has 1 aromatic rings. The minimum Gasteiger partial charge on any atom is -0.287 e. The minimum atomic E-state index is 0.219. The summed E-state index contributed by atoms with van der Waals surface area (Å²) in [6.45, 7) is 2.08. The maximum absolute atomic E-state index is 11.5. The van der Waals surface area contributed by atoms with Gasteiger partial charge in [0.25, 0.3) is 0 Å². The fraction of sp³-hybridized carbons (Fsp3) is 0.545. The minimum absolute atomic E-state index is 0.219. The summed E-state index contributed by atoms with van der Waals surface area (Å²) in [5.74, 6) is 1.61. The molecule has 80 valence electrons. The van der Waals surface area contributed by atoms with Gasteiger partial charge in [-0.3, -0.25) is 4.79 Å². The summed E-state index contributed by atoms with van der Waals surface area (Å²) in [6.07, 6.45) is 3.50. The summed E-state index contributed by atoms with van der Waals surface area (Å²) in [4.78, 5) is 11.5. The summed E-state index contributed by atoms with van der Waals surface area (Å²) in [5, 5.41) is 8.27. The zero-order chi connectivity index (χ0) is 10.7. The number of thioether (sulfide) groups is 1. The number of rotatable bonds is 3. The Balaban J connectivity index is 2.04. The van der Waals surface area contributed by atoms with Gasteiger partial charge in [-0.15, -0.1) is 0 Å². The SMILES string of the molecule is CCC1C(=O)SCC1Cc1cccnn1. The second-order valence-electron chi connectivity index (χ2n) is 3.82. The molecular weight excluding hydrogens is 208 g/mol. The molecule has 0 bridgehead atoms. The molecule has 0 N–H and O–H groups in total. The van der Waals surface area contributed by atoms with Gasteiger partial charge in [-0.05, 0) is 30.9 Å². The van der Waals surface area contributed by atoms with E-state index in [9.17, 15) is 4.79 Å². The highest BCUT2D eigenvalue weighted by Crippen LogP contribution is 2.35. The molecule has 2 unspecified atom stereocenters. The molecule has 15 heavy (non-hydrogen) atoms. The van der Waals surface area contributed by atoms with Crippen LogP contribution in [0, 0.1) is 11.8 Å². The largest absolute Gasteiger partial charge is 0.287 e. The van der Waals surface area contributed by atoms with Crippen LogP contribution in [0.5, 0.6) is 0 Å². The quantitative estimate of drug-likeness (QED) is 0.783. The lowest BCUT2D eigenvalue weighted by molar-refractivity contribution is -0.114. The van der Waals surface area contributed by atoms with Crippen molar-refractivity contribution < 1.29 is 4.79 Å². The van der Waals surface area contributed by atoms with E-state index in [0.717, 1.165) is 24.3 Å². The van der Waals surface area contributed by atoms with Crippen LogP contribution in [0.25, 0.3) is 0 Å². The van der Waals surface area contributed by atoms with Crippen LogP contribution < -0.4 is 0 Å². The van der Waals surface area contributed by atoms with Crippen molar-refractivity contribution in [3.8, 4) is 0 Å². The van der Waals surface area contributed by atoms with Crippen LogP contribution >= 0.6 is 11.8 Å². The van der Waals surface area contributed by atoms with Crippen molar-refractivity contribution in [2.75, 3.05) is 5.75 Å². The monoisotopic (exact) mass is 222 g/mol. The number of hydrogen-bond acceptors (Lipinski definition) is 4. The van der Waals surface area contributed by atoms with Crippen molar-refractivity contribution >= 4 is 16.9 Å². The molecular formula is C11H14N2OS. The predicted molar refractivity (Wildman–Crippen MR) is 60.5 cm³/mol. The Morgan fingerprint density at radius 2 is 2.47 bits per heavy atom. The molecule has 4 heteroatoms. The average molecular weight is 222 g/mol. The highest BCUT2D eigenvalue weighted by molar-refractivity contribution is 8.14. The number of aromatic nitrogens is 2. The molecule has 1 aliphatic heterocycles. The van der Waals surface area contributed by atoms with Crippen molar-refractivity contribution in [3.63, 3.8) is 0 Å². The zero-order valence-corrected chi connectivity index (χ0v) is 9.54. The lowest BCUT2D eigenvalue weighted by Gasteiger charge is -2.14. The summed E-state index contributed by atoms with van der Waals surface area (Å²) < 4.78 is 0. The molecule has 0 aliphatic carbocycles. The van der Waals surface area contributed by atoms with Crippen molar-refractivity contribution in [1.29, 1.82) is 0 Å². The summed E-state index contributed by atoms with van der Waals surface area (Å²) in [5.41, 5.74) is 0.997. The van der Waals surface area contributed by atoms with Gasteiger partial charge in [0, 0.05) is 17.9 Å². The van der Waals surface area contributed by atoms with Crippen LogP contribution in [0.4, 0.5) is 0 Å². The van der Waals surface area contributed by atoms with Crippen molar-refractivity contribution in [2.24, 2.45) is 11.8 Å². The van der Waals surface area contributed by atoms with Gasteiger partial charge in [0.2, 0.25) is 0 Å². The lowest BCUT2D eigenvalue weighted by Crippen LogP contribution is -2.17.